The molecular formula is C14H16N2O2S. The SMILES string of the molecule is CCc1ccc(COc2c(N)cccc2C(N)=O)s1. The third kappa shape index (κ3) is 3.06. The number of amides is 1. The van der Waals surface area contributed by atoms with Crippen LogP contribution in [0, 0.1) is 0 Å². The molecule has 0 aliphatic carbocycles. The molecule has 0 saturated heterocycles. The van der Waals surface area contributed by atoms with Crippen LogP contribution in [0.15, 0.2) is 30.3 Å². The van der Waals surface area contributed by atoms with Crippen LogP contribution in [-0.2, 0) is 13.0 Å². The van der Waals surface area contributed by atoms with Gasteiger partial charge in [0.15, 0.2) is 5.75 Å². The van der Waals surface area contributed by atoms with Crippen molar-refractivity contribution in [3.8, 4) is 5.75 Å². The first kappa shape index (κ1) is 13.4. The Bertz CT molecular complexity index is 593. The lowest BCUT2D eigenvalue weighted by Gasteiger charge is -2.11. The molecule has 4 N–H and O–H groups in total. The van der Waals surface area contributed by atoms with E-state index in [2.05, 4.69) is 13.0 Å². The molecule has 1 aromatic heterocycles. The first-order valence-electron chi connectivity index (χ1n) is 6.00. The van der Waals surface area contributed by atoms with Crippen LogP contribution in [0.2, 0.25) is 0 Å². The van der Waals surface area contributed by atoms with Gasteiger partial charge in [0, 0.05) is 9.75 Å². The minimum atomic E-state index is -0.539. The van der Waals surface area contributed by atoms with Gasteiger partial charge in [-0.3, -0.25) is 4.79 Å². The van der Waals surface area contributed by atoms with Gasteiger partial charge < -0.3 is 16.2 Å². The number of ether oxygens (including phenoxy) is 1. The molecule has 0 aliphatic heterocycles. The van der Waals surface area contributed by atoms with Crippen LogP contribution in [0.25, 0.3) is 0 Å². The Morgan fingerprint density at radius 1 is 1.26 bits per heavy atom. The maximum atomic E-state index is 11.3. The van der Waals surface area contributed by atoms with Crippen molar-refractivity contribution in [2.75, 3.05) is 5.73 Å². The average Bonchev–Trinajstić information content (AvgIpc) is 2.85. The standard InChI is InChI=1S/C14H16N2O2S/c1-2-9-6-7-10(19-9)8-18-13-11(14(16)17)4-3-5-12(13)15/h3-7H,2,8,15H2,1H3,(H2,16,17). The molecule has 0 radical (unpaired) electrons. The van der Waals surface area contributed by atoms with Crippen molar-refractivity contribution in [2.45, 2.75) is 20.0 Å². The summed E-state index contributed by atoms with van der Waals surface area (Å²) in [5.74, 6) is -0.177. The van der Waals surface area contributed by atoms with Crippen LogP contribution < -0.4 is 16.2 Å². The van der Waals surface area contributed by atoms with Crippen molar-refractivity contribution < 1.29 is 9.53 Å². The Morgan fingerprint density at radius 2 is 2.00 bits per heavy atom. The number of carbonyl (C=O) groups is 1. The number of thiophene rings is 1. The lowest BCUT2D eigenvalue weighted by Crippen LogP contribution is -2.14. The number of nitrogen functional groups attached to an aromatic ring is 1. The highest BCUT2D eigenvalue weighted by molar-refractivity contribution is 7.11. The molecule has 0 aliphatic rings. The van der Waals surface area contributed by atoms with Crippen LogP contribution in [0.4, 0.5) is 5.69 Å². The van der Waals surface area contributed by atoms with E-state index in [1.165, 1.54) is 4.88 Å². The Kier molecular flexibility index (Phi) is 4.06. The van der Waals surface area contributed by atoms with Crippen LogP contribution in [0.5, 0.6) is 5.75 Å². The Balaban J connectivity index is 2.17. The Morgan fingerprint density at radius 3 is 2.63 bits per heavy atom. The van der Waals surface area contributed by atoms with E-state index in [4.69, 9.17) is 16.2 Å². The van der Waals surface area contributed by atoms with E-state index in [0.29, 0.717) is 23.6 Å². The zero-order valence-electron chi connectivity index (χ0n) is 10.7. The van der Waals surface area contributed by atoms with Crippen molar-refractivity contribution in [3.05, 3.63) is 45.6 Å². The molecule has 0 fully saturated rings. The summed E-state index contributed by atoms with van der Waals surface area (Å²) in [5.41, 5.74) is 11.9. The molecule has 0 bridgehead atoms. The second kappa shape index (κ2) is 5.75. The van der Waals surface area contributed by atoms with Gasteiger partial charge in [0.2, 0.25) is 0 Å². The van der Waals surface area contributed by atoms with Gasteiger partial charge in [-0.2, -0.15) is 0 Å². The van der Waals surface area contributed by atoms with Gasteiger partial charge in [-0.1, -0.05) is 13.0 Å². The smallest absolute Gasteiger partial charge is 0.252 e. The zero-order chi connectivity index (χ0) is 13.8. The molecule has 100 valence electrons. The van der Waals surface area contributed by atoms with Gasteiger partial charge in [-0.05, 0) is 30.7 Å². The van der Waals surface area contributed by atoms with Gasteiger partial charge >= 0.3 is 0 Å². The van der Waals surface area contributed by atoms with Crippen molar-refractivity contribution in [3.63, 3.8) is 0 Å². The van der Waals surface area contributed by atoms with E-state index in [9.17, 15) is 4.79 Å². The predicted molar refractivity (Wildman–Crippen MR) is 77.4 cm³/mol. The molecule has 1 heterocycles. The summed E-state index contributed by atoms with van der Waals surface area (Å²) < 4.78 is 5.66. The molecule has 2 aromatic rings. The summed E-state index contributed by atoms with van der Waals surface area (Å²) >= 11 is 1.69. The largest absolute Gasteiger partial charge is 0.485 e. The monoisotopic (exact) mass is 276 g/mol. The quantitative estimate of drug-likeness (QED) is 0.824. The highest BCUT2D eigenvalue weighted by Crippen LogP contribution is 2.28. The average molecular weight is 276 g/mol. The number of benzene rings is 1. The number of rotatable bonds is 5. The minimum absolute atomic E-state index is 0.312. The van der Waals surface area contributed by atoms with E-state index >= 15 is 0 Å². The fourth-order valence-corrected chi connectivity index (χ4v) is 2.61. The molecule has 0 spiro atoms. The highest BCUT2D eigenvalue weighted by Gasteiger charge is 2.12. The van der Waals surface area contributed by atoms with Crippen molar-refractivity contribution in [2.24, 2.45) is 5.73 Å². The van der Waals surface area contributed by atoms with E-state index in [-0.39, 0.29) is 0 Å². The Hall–Kier alpha value is -2.01. The van der Waals surface area contributed by atoms with Crippen molar-refractivity contribution in [1.29, 1.82) is 0 Å². The van der Waals surface area contributed by atoms with E-state index in [0.717, 1.165) is 11.3 Å². The van der Waals surface area contributed by atoms with E-state index in [1.54, 1.807) is 29.5 Å². The topological polar surface area (TPSA) is 78.3 Å². The molecule has 19 heavy (non-hydrogen) atoms. The van der Waals surface area contributed by atoms with Gasteiger partial charge in [0.05, 0.1) is 11.3 Å². The van der Waals surface area contributed by atoms with Crippen molar-refractivity contribution >= 4 is 22.9 Å². The summed E-state index contributed by atoms with van der Waals surface area (Å²) in [7, 11) is 0. The number of primary amides is 1. The third-order valence-electron chi connectivity index (χ3n) is 2.74. The van der Waals surface area contributed by atoms with Crippen molar-refractivity contribution in [1.82, 2.24) is 0 Å². The minimum Gasteiger partial charge on any atom is -0.485 e. The zero-order valence-corrected chi connectivity index (χ0v) is 11.5. The normalized spacial score (nSPS) is 10.4. The molecule has 0 atom stereocenters. The lowest BCUT2D eigenvalue weighted by molar-refractivity contribution is 0.0996. The van der Waals surface area contributed by atoms with E-state index < -0.39 is 5.91 Å². The molecule has 1 aromatic carbocycles. The number of para-hydroxylation sites is 1. The maximum absolute atomic E-state index is 11.3. The fraction of sp³-hybridized carbons (Fsp3) is 0.214. The van der Waals surface area contributed by atoms with Crippen LogP contribution in [0.1, 0.15) is 27.0 Å². The number of carbonyl (C=O) groups excluding carboxylic acids is 1. The third-order valence-corrected chi connectivity index (χ3v) is 3.94. The maximum Gasteiger partial charge on any atom is 0.252 e. The molecule has 0 saturated carbocycles. The number of anilines is 1. The first-order valence-corrected chi connectivity index (χ1v) is 6.82. The number of nitrogens with two attached hydrogens (primary N) is 2. The predicted octanol–water partition coefficient (Wildman–Crippen LogP) is 2.57. The number of hydrogen-bond acceptors (Lipinski definition) is 4. The van der Waals surface area contributed by atoms with Gasteiger partial charge in [0.1, 0.15) is 6.61 Å². The molecular weight excluding hydrogens is 260 g/mol. The van der Waals surface area contributed by atoms with Crippen LogP contribution in [0.3, 0.4) is 0 Å². The van der Waals surface area contributed by atoms with Gasteiger partial charge in [-0.15, -0.1) is 11.3 Å². The summed E-state index contributed by atoms with van der Waals surface area (Å²) in [6, 6.07) is 9.08. The summed E-state index contributed by atoms with van der Waals surface area (Å²) in [6.07, 6.45) is 1.00. The van der Waals surface area contributed by atoms with Crippen LogP contribution in [-0.4, -0.2) is 5.91 Å². The summed E-state index contributed by atoms with van der Waals surface area (Å²) in [6.45, 7) is 2.50. The van der Waals surface area contributed by atoms with Gasteiger partial charge in [-0.25, -0.2) is 0 Å². The van der Waals surface area contributed by atoms with E-state index in [1.807, 2.05) is 6.07 Å². The summed E-state index contributed by atoms with van der Waals surface area (Å²) in [5, 5.41) is 0. The lowest BCUT2D eigenvalue weighted by atomic mass is 10.1. The van der Waals surface area contributed by atoms with Gasteiger partial charge in [0.25, 0.3) is 5.91 Å². The molecule has 4 nitrogen and oxygen atoms in total. The summed E-state index contributed by atoms with van der Waals surface area (Å²) in [4.78, 5) is 13.7. The number of hydrogen-bond donors (Lipinski definition) is 2. The molecule has 1 amide bonds. The molecule has 5 heteroatoms. The second-order valence-electron chi connectivity index (χ2n) is 4.10. The number of aryl methyl sites for hydroxylation is 1. The fourth-order valence-electron chi connectivity index (χ4n) is 1.74. The van der Waals surface area contributed by atoms with Crippen LogP contribution >= 0.6 is 11.3 Å². The highest BCUT2D eigenvalue weighted by atomic mass is 32.1. The molecule has 0 unspecified atom stereocenters. The Labute approximate surface area is 116 Å². The first-order chi connectivity index (χ1) is 9.11. The molecule has 2 rings (SSSR count). The second-order valence-corrected chi connectivity index (χ2v) is 5.35.